The topological polar surface area (TPSA) is 99.8 Å². The molecule has 1 heterocycles. The molecule has 1 aliphatic carbocycles. The van der Waals surface area contributed by atoms with Crippen molar-refractivity contribution in [2.75, 3.05) is 26.7 Å². The number of amides is 3. The number of halogens is 1. The molecule has 0 radical (unpaired) electrons. The molecule has 0 bridgehead atoms. The Morgan fingerprint density at radius 3 is 2.19 bits per heavy atom. The lowest BCUT2D eigenvalue weighted by Crippen LogP contribution is -2.62. The first-order valence-electron chi connectivity index (χ1n) is 14.8. The van der Waals surface area contributed by atoms with Crippen LogP contribution >= 0.6 is 11.6 Å². The lowest BCUT2D eigenvalue weighted by atomic mass is 9.82. The summed E-state index contributed by atoms with van der Waals surface area (Å²) in [7, 11) is 1.80. The summed E-state index contributed by atoms with van der Waals surface area (Å²) in [5.41, 5.74) is 5.16. The summed E-state index contributed by atoms with van der Waals surface area (Å²) in [6, 6.07) is 22.2. The van der Waals surface area contributed by atoms with Crippen LogP contribution in [0.4, 0.5) is 4.79 Å². The first kappa shape index (κ1) is 30.6. The van der Waals surface area contributed by atoms with E-state index in [4.69, 9.17) is 16.3 Å². The van der Waals surface area contributed by atoms with E-state index in [1.165, 1.54) is 0 Å². The van der Waals surface area contributed by atoms with Crippen molar-refractivity contribution >= 4 is 29.5 Å². The Hall–Kier alpha value is -3.88. The molecule has 0 spiro atoms. The molecular weight excluding hydrogens is 564 g/mol. The van der Waals surface area contributed by atoms with Crippen LogP contribution in [0, 0.1) is 0 Å². The molecule has 0 aromatic heterocycles. The minimum atomic E-state index is -0.893. The van der Waals surface area contributed by atoms with E-state index in [2.05, 4.69) is 40.2 Å². The van der Waals surface area contributed by atoms with Gasteiger partial charge in [0.1, 0.15) is 18.7 Å². The number of fused-ring (bicyclic) bond motifs is 3. The van der Waals surface area contributed by atoms with Gasteiger partial charge in [0.05, 0.1) is 5.54 Å². The van der Waals surface area contributed by atoms with Gasteiger partial charge < -0.3 is 25.6 Å². The van der Waals surface area contributed by atoms with Crippen LogP contribution in [0.25, 0.3) is 11.1 Å². The number of nitrogens with zero attached hydrogens (tertiary/aromatic N) is 1. The van der Waals surface area contributed by atoms with Crippen molar-refractivity contribution in [3.05, 3.63) is 94.5 Å². The number of ether oxygens (including phenoxy) is 1. The highest BCUT2D eigenvalue weighted by Gasteiger charge is 2.40. The van der Waals surface area contributed by atoms with Gasteiger partial charge in [-0.15, -0.1) is 0 Å². The second kappa shape index (κ2) is 13.2. The predicted octanol–water partition coefficient (Wildman–Crippen LogP) is 4.90. The van der Waals surface area contributed by atoms with Crippen LogP contribution in [0.5, 0.6) is 0 Å². The highest BCUT2D eigenvalue weighted by Crippen LogP contribution is 2.44. The van der Waals surface area contributed by atoms with E-state index in [0.29, 0.717) is 18.0 Å². The number of hydrogen-bond acceptors (Lipinski definition) is 5. The average Bonchev–Trinajstić information content (AvgIpc) is 3.34. The second-order valence-corrected chi connectivity index (χ2v) is 12.1. The van der Waals surface area contributed by atoms with Gasteiger partial charge in [-0.2, -0.15) is 0 Å². The minimum Gasteiger partial charge on any atom is -0.449 e. The number of rotatable bonds is 9. The molecule has 226 valence electrons. The molecule has 1 fully saturated rings. The van der Waals surface area contributed by atoms with Crippen LogP contribution in [0.1, 0.15) is 49.3 Å². The summed E-state index contributed by atoms with van der Waals surface area (Å²) in [6.45, 7) is 4.94. The Morgan fingerprint density at radius 1 is 0.953 bits per heavy atom. The molecule has 1 aliphatic heterocycles. The molecule has 3 N–H and O–H groups in total. The Morgan fingerprint density at radius 2 is 1.58 bits per heavy atom. The smallest absolute Gasteiger partial charge is 0.407 e. The van der Waals surface area contributed by atoms with Crippen LogP contribution in [-0.2, 0) is 20.7 Å². The van der Waals surface area contributed by atoms with Gasteiger partial charge in [0.15, 0.2) is 0 Å². The molecule has 0 unspecified atom stereocenters. The number of nitrogens with one attached hydrogen (secondary N) is 3. The zero-order valence-electron chi connectivity index (χ0n) is 24.9. The van der Waals surface area contributed by atoms with Crippen LogP contribution in [0.3, 0.4) is 0 Å². The number of benzene rings is 3. The molecule has 43 heavy (non-hydrogen) atoms. The van der Waals surface area contributed by atoms with Crippen molar-refractivity contribution in [2.45, 2.75) is 56.7 Å². The van der Waals surface area contributed by atoms with Gasteiger partial charge in [0.2, 0.25) is 11.8 Å². The van der Waals surface area contributed by atoms with E-state index < -0.39 is 29.6 Å². The van der Waals surface area contributed by atoms with Crippen molar-refractivity contribution in [2.24, 2.45) is 0 Å². The van der Waals surface area contributed by atoms with Gasteiger partial charge in [-0.25, -0.2) is 4.79 Å². The normalized spacial score (nSPS) is 19.0. The summed E-state index contributed by atoms with van der Waals surface area (Å²) in [4.78, 5) is 41.1. The maximum absolute atomic E-state index is 13.6. The Kier molecular flexibility index (Phi) is 9.37. The Balaban J connectivity index is 1.16. The number of hydrogen-bond donors (Lipinski definition) is 3. The molecule has 3 aromatic rings. The van der Waals surface area contributed by atoms with Crippen molar-refractivity contribution in [3.8, 4) is 11.1 Å². The number of piperidine rings is 1. The van der Waals surface area contributed by atoms with E-state index >= 15 is 0 Å². The summed E-state index contributed by atoms with van der Waals surface area (Å²) >= 11 is 6.08. The highest BCUT2D eigenvalue weighted by molar-refractivity contribution is 6.30. The zero-order valence-corrected chi connectivity index (χ0v) is 25.6. The standard InChI is InChI=1S/C34H39ClN4O4/c1-22(38-33(42)43-20-30-28-11-6-4-9-26(28)27-10-5-7-12-29(27)30)31(40)37-23(2)32(41)39(3)34(17-8-18-36-21-34)19-24-13-15-25(35)16-14-24/h4-7,9-16,22-23,30,36H,8,17-21H2,1-3H3,(H,37,40)(H,38,42)/t22-,23-,34+/m0/s1. The molecule has 0 saturated carbocycles. The van der Waals surface area contributed by atoms with E-state index in [9.17, 15) is 14.4 Å². The van der Waals surface area contributed by atoms with Gasteiger partial charge >= 0.3 is 6.09 Å². The minimum absolute atomic E-state index is 0.0788. The van der Waals surface area contributed by atoms with E-state index in [-0.39, 0.29) is 18.4 Å². The monoisotopic (exact) mass is 602 g/mol. The quantitative estimate of drug-likeness (QED) is 0.324. The van der Waals surface area contributed by atoms with Gasteiger partial charge in [-0.1, -0.05) is 72.3 Å². The Bertz CT molecular complexity index is 1430. The van der Waals surface area contributed by atoms with E-state index in [1.54, 1.807) is 25.8 Å². The van der Waals surface area contributed by atoms with Crippen LogP contribution < -0.4 is 16.0 Å². The van der Waals surface area contributed by atoms with Crippen molar-refractivity contribution in [1.29, 1.82) is 0 Å². The SMILES string of the molecule is C[C@H](NC(=O)OCC1c2ccccc2-c2ccccc21)C(=O)N[C@@H](C)C(=O)N(C)[C@@]1(Cc2ccc(Cl)cc2)CCCNC1. The third-order valence-electron chi connectivity index (χ3n) is 8.74. The Labute approximate surface area is 258 Å². The molecule has 5 rings (SSSR count). The van der Waals surface area contributed by atoms with E-state index in [1.807, 2.05) is 48.5 Å². The number of alkyl carbamates (subject to hydrolysis) is 1. The number of carbonyl (C=O) groups is 3. The third-order valence-corrected chi connectivity index (χ3v) is 8.99. The molecule has 2 aliphatic rings. The molecule has 3 aromatic carbocycles. The molecule has 3 atom stereocenters. The molecular formula is C34H39ClN4O4. The summed E-state index contributed by atoms with van der Waals surface area (Å²) < 4.78 is 5.59. The van der Waals surface area contributed by atoms with Gasteiger partial charge in [-0.3, -0.25) is 9.59 Å². The van der Waals surface area contributed by atoms with Crippen LogP contribution in [0.15, 0.2) is 72.8 Å². The summed E-state index contributed by atoms with van der Waals surface area (Å²) in [5.74, 6) is -0.736. The predicted molar refractivity (Wildman–Crippen MR) is 168 cm³/mol. The lowest BCUT2D eigenvalue weighted by Gasteiger charge is -2.46. The maximum atomic E-state index is 13.6. The maximum Gasteiger partial charge on any atom is 0.407 e. The first-order valence-corrected chi connectivity index (χ1v) is 15.2. The molecule has 3 amide bonds. The van der Waals surface area contributed by atoms with Crippen LogP contribution in [-0.4, -0.2) is 67.2 Å². The summed E-state index contributed by atoms with van der Waals surface area (Å²) in [6.07, 6.45) is 1.76. The largest absolute Gasteiger partial charge is 0.449 e. The van der Waals surface area contributed by atoms with Crippen molar-refractivity contribution < 1.29 is 19.1 Å². The number of likely N-dealkylation sites (N-methyl/N-ethyl adjacent to an activating group) is 1. The highest BCUT2D eigenvalue weighted by atomic mass is 35.5. The van der Waals surface area contributed by atoms with E-state index in [0.717, 1.165) is 47.2 Å². The fraction of sp³-hybridized carbons (Fsp3) is 0.382. The van der Waals surface area contributed by atoms with Gasteiger partial charge in [0.25, 0.3) is 0 Å². The zero-order chi connectivity index (χ0) is 30.6. The number of carbonyl (C=O) groups excluding carboxylic acids is 3. The second-order valence-electron chi connectivity index (χ2n) is 11.6. The van der Waals surface area contributed by atoms with Crippen LogP contribution in [0.2, 0.25) is 5.02 Å². The van der Waals surface area contributed by atoms with Gasteiger partial charge in [0, 0.05) is 24.5 Å². The fourth-order valence-corrected chi connectivity index (χ4v) is 6.42. The molecule has 8 nitrogen and oxygen atoms in total. The first-order chi connectivity index (χ1) is 20.7. The van der Waals surface area contributed by atoms with Crippen molar-refractivity contribution in [1.82, 2.24) is 20.9 Å². The van der Waals surface area contributed by atoms with Gasteiger partial charge in [-0.05, 0) is 79.6 Å². The van der Waals surface area contributed by atoms with Crippen molar-refractivity contribution in [3.63, 3.8) is 0 Å². The third kappa shape index (κ3) is 6.71. The molecule has 1 saturated heterocycles. The average molecular weight is 603 g/mol. The molecule has 9 heteroatoms. The lowest BCUT2D eigenvalue weighted by molar-refractivity contribution is -0.140. The fourth-order valence-electron chi connectivity index (χ4n) is 6.30. The summed E-state index contributed by atoms with van der Waals surface area (Å²) in [5, 5.41) is 9.50.